The van der Waals surface area contributed by atoms with Gasteiger partial charge in [0.25, 0.3) is 5.56 Å². The third-order valence-electron chi connectivity index (χ3n) is 4.52. The molecule has 0 saturated heterocycles. The van der Waals surface area contributed by atoms with Crippen LogP contribution in [0.25, 0.3) is 10.9 Å². The zero-order chi connectivity index (χ0) is 18.8. The summed E-state index contributed by atoms with van der Waals surface area (Å²) in [4.78, 5) is 32.0. The lowest BCUT2D eigenvalue weighted by molar-refractivity contribution is -0.115. The molecule has 2 aromatic carbocycles. The molecule has 1 aromatic heterocycles. The van der Waals surface area contributed by atoms with Crippen molar-refractivity contribution in [1.82, 2.24) is 9.97 Å². The minimum absolute atomic E-state index is 0.0187. The number of aryl methyl sites for hydroxylation is 2. The van der Waals surface area contributed by atoms with E-state index in [9.17, 15) is 9.59 Å². The third-order valence-corrected chi connectivity index (χ3v) is 4.52. The van der Waals surface area contributed by atoms with Crippen molar-refractivity contribution < 1.29 is 4.79 Å². The number of anilines is 1. The number of rotatable bonds is 4. The summed E-state index contributed by atoms with van der Waals surface area (Å²) in [6.45, 7) is 8.06. The topological polar surface area (TPSA) is 74.8 Å². The number of fused-ring (bicyclic) bond motifs is 1. The normalized spacial score (nSPS) is 11.1. The van der Waals surface area contributed by atoms with Crippen LogP contribution in [0.5, 0.6) is 0 Å². The fraction of sp³-hybridized carbons (Fsp3) is 0.286. The van der Waals surface area contributed by atoms with Crippen molar-refractivity contribution in [3.05, 3.63) is 69.3 Å². The predicted octanol–water partition coefficient (Wildman–Crippen LogP) is 3.84. The molecule has 0 aliphatic heterocycles. The number of amides is 1. The molecule has 1 heterocycles. The van der Waals surface area contributed by atoms with E-state index >= 15 is 0 Å². The van der Waals surface area contributed by atoms with Gasteiger partial charge in [0.05, 0.1) is 17.3 Å². The zero-order valence-electron chi connectivity index (χ0n) is 15.5. The average molecular weight is 349 g/mol. The van der Waals surface area contributed by atoms with Gasteiger partial charge < -0.3 is 10.3 Å². The van der Waals surface area contributed by atoms with E-state index in [2.05, 4.69) is 29.1 Å². The Labute approximate surface area is 152 Å². The summed E-state index contributed by atoms with van der Waals surface area (Å²) in [7, 11) is 0. The highest BCUT2D eigenvalue weighted by Gasteiger charge is 2.12. The molecule has 0 aliphatic carbocycles. The standard InChI is InChI=1S/C21H23N3O2/c1-12(2)15-8-9-17-16(10-15)21(26)23-18(22-17)11-19(25)24-20-13(3)6-5-7-14(20)4/h5-10,12H,11H2,1-4H3,(H,24,25)(H,22,23,26). The van der Waals surface area contributed by atoms with Crippen molar-refractivity contribution in [3.63, 3.8) is 0 Å². The van der Waals surface area contributed by atoms with Gasteiger partial charge in [-0.05, 0) is 48.6 Å². The number of aromatic amines is 1. The Balaban J connectivity index is 1.86. The number of nitrogens with zero attached hydrogens (tertiary/aromatic N) is 1. The van der Waals surface area contributed by atoms with Crippen molar-refractivity contribution in [1.29, 1.82) is 0 Å². The molecule has 0 radical (unpaired) electrons. The van der Waals surface area contributed by atoms with Crippen molar-refractivity contribution in [2.24, 2.45) is 0 Å². The first-order valence-electron chi connectivity index (χ1n) is 8.74. The predicted molar refractivity (Wildman–Crippen MR) is 105 cm³/mol. The highest BCUT2D eigenvalue weighted by Crippen LogP contribution is 2.20. The Kier molecular flexibility index (Phi) is 4.89. The van der Waals surface area contributed by atoms with Gasteiger partial charge in [-0.2, -0.15) is 0 Å². The maximum absolute atomic E-state index is 12.4. The molecule has 0 bridgehead atoms. The minimum atomic E-state index is -0.215. The first-order chi connectivity index (χ1) is 12.3. The van der Waals surface area contributed by atoms with Crippen LogP contribution >= 0.6 is 0 Å². The first kappa shape index (κ1) is 17.9. The smallest absolute Gasteiger partial charge is 0.258 e. The molecule has 3 aromatic rings. The van der Waals surface area contributed by atoms with Crippen LogP contribution in [0.4, 0.5) is 5.69 Å². The van der Waals surface area contributed by atoms with Gasteiger partial charge in [-0.25, -0.2) is 4.98 Å². The molecule has 0 aliphatic rings. The molecule has 0 atom stereocenters. The average Bonchev–Trinajstić information content (AvgIpc) is 2.58. The van der Waals surface area contributed by atoms with E-state index in [1.807, 2.05) is 50.2 Å². The van der Waals surface area contributed by atoms with Crippen LogP contribution in [0.3, 0.4) is 0 Å². The second kappa shape index (κ2) is 7.12. The minimum Gasteiger partial charge on any atom is -0.325 e. The molecule has 0 unspecified atom stereocenters. The largest absolute Gasteiger partial charge is 0.325 e. The molecular weight excluding hydrogens is 326 g/mol. The van der Waals surface area contributed by atoms with E-state index in [4.69, 9.17) is 0 Å². The number of carbonyl (C=O) groups is 1. The second-order valence-corrected chi connectivity index (χ2v) is 6.94. The highest BCUT2D eigenvalue weighted by molar-refractivity contribution is 5.93. The molecule has 3 rings (SSSR count). The monoisotopic (exact) mass is 349 g/mol. The lowest BCUT2D eigenvalue weighted by atomic mass is 10.0. The van der Waals surface area contributed by atoms with Gasteiger partial charge in [-0.15, -0.1) is 0 Å². The van der Waals surface area contributed by atoms with E-state index < -0.39 is 0 Å². The van der Waals surface area contributed by atoms with E-state index in [-0.39, 0.29) is 17.9 Å². The molecule has 134 valence electrons. The van der Waals surface area contributed by atoms with Crippen molar-refractivity contribution in [3.8, 4) is 0 Å². The summed E-state index contributed by atoms with van der Waals surface area (Å²) >= 11 is 0. The van der Waals surface area contributed by atoms with Crippen LogP contribution < -0.4 is 10.9 Å². The molecule has 0 saturated carbocycles. The van der Waals surface area contributed by atoms with Gasteiger partial charge in [0.2, 0.25) is 5.91 Å². The molecule has 5 nitrogen and oxygen atoms in total. The Hall–Kier alpha value is -2.95. The van der Waals surface area contributed by atoms with Gasteiger partial charge in [-0.3, -0.25) is 9.59 Å². The fourth-order valence-electron chi connectivity index (χ4n) is 2.99. The lowest BCUT2D eigenvalue weighted by Crippen LogP contribution is -2.20. The number of H-pyrrole nitrogens is 1. The number of hydrogen-bond acceptors (Lipinski definition) is 3. The van der Waals surface area contributed by atoms with E-state index in [1.54, 1.807) is 0 Å². The van der Waals surface area contributed by atoms with Gasteiger partial charge in [-0.1, -0.05) is 38.1 Å². The number of benzene rings is 2. The number of carbonyl (C=O) groups excluding carboxylic acids is 1. The Morgan fingerprint density at radius 3 is 2.50 bits per heavy atom. The maximum atomic E-state index is 12.4. The number of aromatic nitrogens is 2. The Morgan fingerprint density at radius 1 is 1.15 bits per heavy atom. The van der Waals surface area contributed by atoms with Crippen LogP contribution in [0.15, 0.2) is 41.2 Å². The maximum Gasteiger partial charge on any atom is 0.258 e. The molecular formula is C21H23N3O2. The van der Waals surface area contributed by atoms with Gasteiger partial charge in [0.15, 0.2) is 0 Å². The summed E-state index contributed by atoms with van der Waals surface area (Å²) in [6.07, 6.45) is 0.0187. The van der Waals surface area contributed by atoms with Crippen LogP contribution in [-0.2, 0) is 11.2 Å². The molecule has 0 spiro atoms. The molecule has 26 heavy (non-hydrogen) atoms. The van der Waals surface area contributed by atoms with Gasteiger partial charge in [0, 0.05) is 5.69 Å². The van der Waals surface area contributed by atoms with E-state index in [0.717, 1.165) is 22.4 Å². The summed E-state index contributed by atoms with van der Waals surface area (Å²) in [6, 6.07) is 11.5. The van der Waals surface area contributed by atoms with Crippen LogP contribution in [0.2, 0.25) is 0 Å². The first-order valence-corrected chi connectivity index (χ1v) is 8.74. The van der Waals surface area contributed by atoms with Crippen LogP contribution in [0, 0.1) is 13.8 Å². The Morgan fingerprint density at radius 2 is 1.85 bits per heavy atom. The zero-order valence-corrected chi connectivity index (χ0v) is 15.5. The van der Waals surface area contributed by atoms with Crippen molar-refractivity contribution >= 4 is 22.5 Å². The number of nitrogens with one attached hydrogen (secondary N) is 2. The third kappa shape index (κ3) is 3.67. The van der Waals surface area contributed by atoms with E-state index in [1.165, 1.54) is 0 Å². The van der Waals surface area contributed by atoms with Crippen LogP contribution in [0.1, 0.15) is 42.3 Å². The molecule has 0 fully saturated rings. The van der Waals surface area contributed by atoms with E-state index in [0.29, 0.717) is 22.6 Å². The SMILES string of the molecule is Cc1cccc(C)c1NC(=O)Cc1nc2ccc(C(C)C)cc2c(=O)[nH]1. The van der Waals surface area contributed by atoms with Gasteiger partial charge >= 0.3 is 0 Å². The molecule has 5 heteroatoms. The summed E-state index contributed by atoms with van der Waals surface area (Å²) in [5.41, 5.74) is 4.28. The molecule has 2 N–H and O–H groups in total. The van der Waals surface area contributed by atoms with Crippen molar-refractivity contribution in [2.75, 3.05) is 5.32 Å². The lowest BCUT2D eigenvalue weighted by Gasteiger charge is -2.11. The van der Waals surface area contributed by atoms with Crippen molar-refractivity contribution in [2.45, 2.75) is 40.0 Å². The van der Waals surface area contributed by atoms with Crippen LogP contribution in [-0.4, -0.2) is 15.9 Å². The van der Waals surface area contributed by atoms with Gasteiger partial charge in [0.1, 0.15) is 5.82 Å². The highest BCUT2D eigenvalue weighted by atomic mass is 16.1. The summed E-state index contributed by atoms with van der Waals surface area (Å²) in [5, 5.41) is 3.47. The quantitative estimate of drug-likeness (QED) is 0.751. The number of para-hydroxylation sites is 1. The summed E-state index contributed by atoms with van der Waals surface area (Å²) < 4.78 is 0. The fourth-order valence-corrected chi connectivity index (χ4v) is 2.99. The second-order valence-electron chi connectivity index (χ2n) is 6.94. The molecule has 1 amide bonds. The summed E-state index contributed by atoms with van der Waals surface area (Å²) in [5.74, 6) is 0.494. The number of hydrogen-bond donors (Lipinski definition) is 2. The Bertz CT molecular complexity index is 1010.